The first kappa shape index (κ1) is 13.7. The Morgan fingerprint density at radius 3 is 2.61 bits per heavy atom. The largest absolute Gasteiger partial charge is 0.352 e. The average molecular weight is 303 g/mol. The summed E-state index contributed by atoms with van der Waals surface area (Å²) in [5.74, 6) is 2.25. The van der Waals surface area contributed by atoms with Gasteiger partial charge in [0, 0.05) is 25.5 Å². The zero-order valence-electron chi connectivity index (χ0n) is 12.7. The van der Waals surface area contributed by atoms with Crippen LogP contribution in [0.4, 0.5) is 17.6 Å². The Bertz CT molecular complexity index is 803. The molecule has 1 aromatic carbocycles. The minimum Gasteiger partial charge on any atom is -0.352 e. The summed E-state index contributed by atoms with van der Waals surface area (Å²) in [5, 5.41) is 3.14. The molecule has 1 aliphatic heterocycles. The van der Waals surface area contributed by atoms with Crippen molar-refractivity contribution < 1.29 is 0 Å². The number of rotatable bonds is 3. The molecule has 5 nitrogen and oxygen atoms in total. The standard InChI is InChI=1S/C18H17N5/c1-2-6-15-13-23(12-9-14(15)5-1)17-8-11-20-18(22-17)21-16-7-3-4-10-19-16/h1-8,10-11H,9,12-13H2,(H,19,20,21,22). The van der Waals surface area contributed by atoms with Crippen LogP contribution in [-0.4, -0.2) is 21.5 Å². The molecule has 2 aromatic heterocycles. The van der Waals surface area contributed by atoms with Crippen molar-refractivity contribution in [2.45, 2.75) is 13.0 Å². The van der Waals surface area contributed by atoms with Crippen LogP contribution in [0.25, 0.3) is 0 Å². The van der Waals surface area contributed by atoms with Gasteiger partial charge in [0.25, 0.3) is 0 Å². The molecule has 0 aliphatic carbocycles. The number of anilines is 3. The monoisotopic (exact) mass is 303 g/mol. The first-order valence-corrected chi connectivity index (χ1v) is 7.71. The molecule has 3 aromatic rings. The minimum absolute atomic E-state index is 0.569. The molecule has 0 amide bonds. The Kier molecular flexibility index (Phi) is 3.60. The number of hydrogen-bond donors (Lipinski definition) is 1. The van der Waals surface area contributed by atoms with Gasteiger partial charge in [-0.05, 0) is 35.7 Å². The Hall–Kier alpha value is -2.95. The van der Waals surface area contributed by atoms with Gasteiger partial charge in [0.1, 0.15) is 11.6 Å². The highest BCUT2D eigenvalue weighted by Crippen LogP contribution is 2.23. The summed E-state index contributed by atoms with van der Waals surface area (Å²) in [7, 11) is 0. The second-order valence-corrected chi connectivity index (χ2v) is 5.52. The van der Waals surface area contributed by atoms with Gasteiger partial charge in [0.2, 0.25) is 5.95 Å². The van der Waals surface area contributed by atoms with E-state index in [4.69, 9.17) is 0 Å². The van der Waals surface area contributed by atoms with Crippen molar-refractivity contribution in [3.05, 3.63) is 72.1 Å². The van der Waals surface area contributed by atoms with Crippen LogP contribution >= 0.6 is 0 Å². The molecule has 4 rings (SSSR count). The smallest absolute Gasteiger partial charge is 0.230 e. The van der Waals surface area contributed by atoms with Crippen LogP contribution in [0.3, 0.4) is 0 Å². The third-order valence-corrected chi connectivity index (χ3v) is 4.00. The van der Waals surface area contributed by atoms with Crippen molar-refractivity contribution in [1.82, 2.24) is 15.0 Å². The van der Waals surface area contributed by atoms with Gasteiger partial charge in [-0.2, -0.15) is 4.98 Å². The number of nitrogens with one attached hydrogen (secondary N) is 1. The fourth-order valence-electron chi connectivity index (χ4n) is 2.83. The fourth-order valence-corrected chi connectivity index (χ4v) is 2.83. The Morgan fingerprint density at radius 1 is 0.870 bits per heavy atom. The quantitative estimate of drug-likeness (QED) is 0.805. The van der Waals surface area contributed by atoms with Crippen LogP contribution in [0.15, 0.2) is 60.9 Å². The predicted molar refractivity (Wildman–Crippen MR) is 90.7 cm³/mol. The molecular formula is C18H17N5. The highest BCUT2D eigenvalue weighted by Gasteiger charge is 2.17. The molecule has 3 heterocycles. The average Bonchev–Trinajstić information content (AvgIpc) is 2.62. The van der Waals surface area contributed by atoms with Gasteiger partial charge in [0.05, 0.1) is 0 Å². The van der Waals surface area contributed by atoms with E-state index in [1.165, 1.54) is 11.1 Å². The highest BCUT2D eigenvalue weighted by molar-refractivity contribution is 5.51. The van der Waals surface area contributed by atoms with Crippen LogP contribution in [0.1, 0.15) is 11.1 Å². The van der Waals surface area contributed by atoms with Crippen molar-refractivity contribution in [2.24, 2.45) is 0 Å². The molecule has 0 saturated heterocycles. The Morgan fingerprint density at radius 2 is 1.74 bits per heavy atom. The lowest BCUT2D eigenvalue weighted by atomic mass is 10.00. The second kappa shape index (κ2) is 6.04. The van der Waals surface area contributed by atoms with Crippen molar-refractivity contribution in [3.8, 4) is 0 Å². The van der Waals surface area contributed by atoms with Crippen LogP contribution < -0.4 is 10.2 Å². The van der Waals surface area contributed by atoms with Crippen molar-refractivity contribution in [3.63, 3.8) is 0 Å². The highest BCUT2D eigenvalue weighted by atomic mass is 15.2. The maximum Gasteiger partial charge on any atom is 0.230 e. The normalized spacial score (nSPS) is 13.5. The molecule has 0 unspecified atom stereocenters. The summed E-state index contributed by atoms with van der Waals surface area (Å²) in [6, 6.07) is 16.3. The Labute approximate surface area is 135 Å². The SMILES string of the molecule is c1ccc(Nc2nccc(N3CCc4ccccc4C3)n2)nc1. The number of benzene rings is 1. The summed E-state index contributed by atoms with van der Waals surface area (Å²) in [6.45, 7) is 1.85. The van der Waals surface area contributed by atoms with Gasteiger partial charge < -0.3 is 10.2 Å². The van der Waals surface area contributed by atoms with Crippen LogP contribution in [0.5, 0.6) is 0 Å². The molecule has 0 spiro atoms. The Balaban J connectivity index is 1.55. The van der Waals surface area contributed by atoms with Gasteiger partial charge in [-0.3, -0.25) is 0 Å². The first-order chi connectivity index (χ1) is 11.4. The lowest BCUT2D eigenvalue weighted by Crippen LogP contribution is -2.31. The molecule has 1 N–H and O–H groups in total. The molecular weight excluding hydrogens is 286 g/mol. The fraction of sp³-hybridized carbons (Fsp3) is 0.167. The van der Waals surface area contributed by atoms with Gasteiger partial charge in [-0.25, -0.2) is 9.97 Å². The van der Waals surface area contributed by atoms with E-state index in [0.29, 0.717) is 5.95 Å². The van der Waals surface area contributed by atoms with E-state index in [1.807, 2.05) is 24.3 Å². The molecule has 0 bridgehead atoms. The zero-order valence-corrected chi connectivity index (χ0v) is 12.7. The van der Waals surface area contributed by atoms with Crippen molar-refractivity contribution in [1.29, 1.82) is 0 Å². The summed E-state index contributed by atoms with van der Waals surface area (Å²) in [5.41, 5.74) is 2.81. The molecule has 23 heavy (non-hydrogen) atoms. The maximum atomic E-state index is 4.63. The van der Waals surface area contributed by atoms with Crippen molar-refractivity contribution in [2.75, 3.05) is 16.8 Å². The first-order valence-electron chi connectivity index (χ1n) is 7.71. The number of pyridine rings is 1. The molecule has 0 fully saturated rings. The topological polar surface area (TPSA) is 53.9 Å². The maximum absolute atomic E-state index is 4.63. The lowest BCUT2D eigenvalue weighted by Gasteiger charge is -2.29. The van der Waals surface area contributed by atoms with Gasteiger partial charge in [-0.15, -0.1) is 0 Å². The van der Waals surface area contributed by atoms with E-state index in [2.05, 4.69) is 49.4 Å². The summed E-state index contributed by atoms with van der Waals surface area (Å²) in [6.07, 6.45) is 4.57. The van der Waals surface area contributed by atoms with E-state index in [1.54, 1.807) is 12.4 Å². The number of aromatic nitrogens is 3. The third kappa shape index (κ3) is 2.99. The molecule has 1 aliphatic rings. The minimum atomic E-state index is 0.569. The van der Waals surface area contributed by atoms with Crippen LogP contribution in [0, 0.1) is 0 Å². The number of fused-ring (bicyclic) bond motifs is 1. The molecule has 0 saturated carbocycles. The van der Waals surface area contributed by atoms with Crippen molar-refractivity contribution >= 4 is 17.6 Å². The van der Waals surface area contributed by atoms with E-state index in [0.717, 1.165) is 31.1 Å². The van der Waals surface area contributed by atoms with Gasteiger partial charge in [-0.1, -0.05) is 30.3 Å². The number of nitrogens with zero attached hydrogens (tertiary/aromatic N) is 4. The van der Waals surface area contributed by atoms with E-state index < -0.39 is 0 Å². The van der Waals surface area contributed by atoms with Gasteiger partial charge >= 0.3 is 0 Å². The number of hydrogen-bond acceptors (Lipinski definition) is 5. The third-order valence-electron chi connectivity index (χ3n) is 4.00. The lowest BCUT2D eigenvalue weighted by molar-refractivity contribution is 0.720. The molecule has 0 atom stereocenters. The van der Waals surface area contributed by atoms with E-state index >= 15 is 0 Å². The van der Waals surface area contributed by atoms with Crippen LogP contribution in [-0.2, 0) is 13.0 Å². The van der Waals surface area contributed by atoms with Crippen LogP contribution in [0.2, 0.25) is 0 Å². The summed E-state index contributed by atoms with van der Waals surface area (Å²) in [4.78, 5) is 15.4. The molecule has 114 valence electrons. The predicted octanol–water partition coefficient (Wildman–Crippen LogP) is 3.18. The van der Waals surface area contributed by atoms with E-state index in [-0.39, 0.29) is 0 Å². The molecule has 5 heteroatoms. The second-order valence-electron chi connectivity index (χ2n) is 5.52. The summed E-state index contributed by atoms with van der Waals surface area (Å²) >= 11 is 0. The molecule has 0 radical (unpaired) electrons. The zero-order chi connectivity index (χ0) is 15.5. The van der Waals surface area contributed by atoms with E-state index in [9.17, 15) is 0 Å². The van der Waals surface area contributed by atoms with Gasteiger partial charge in [0.15, 0.2) is 0 Å². The summed E-state index contributed by atoms with van der Waals surface area (Å²) < 4.78 is 0.